The van der Waals surface area contributed by atoms with Gasteiger partial charge in [0.25, 0.3) is 5.91 Å². The number of carbonyl (C=O) groups excluding carboxylic acids is 2. The molecule has 22 heavy (non-hydrogen) atoms. The first-order chi connectivity index (χ1) is 10.2. The van der Waals surface area contributed by atoms with Crippen molar-refractivity contribution in [1.82, 2.24) is 15.6 Å². The molecule has 0 aliphatic heterocycles. The SMILES string of the molecule is CC(C)(C)NC(=O)CNC(=O)c1c[nH]c2cc(Br)c(Br)cc12. The molecule has 7 heteroatoms. The molecule has 5 nitrogen and oxygen atoms in total. The van der Waals surface area contributed by atoms with Gasteiger partial charge in [-0.3, -0.25) is 9.59 Å². The maximum Gasteiger partial charge on any atom is 0.253 e. The summed E-state index contributed by atoms with van der Waals surface area (Å²) in [5.74, 6) is -0.505. The van der Waals surface area contributed by atoms with Crippen LogP contribution >= 0.6 is 31.9 Å². The standard InChI is InChI=1S/C15H17Br2N3O2/c1-15(2,3)20-13(21)7-19-14(22)9-6-18-12-5-11(17)10(16)4-8(9)12/h4-6,18H,7H2,1-3H3,(H,19,22)(H,20,21). The predicted molar refractivity (Wildman–Crippen MR) is 93.9 cm³/mol. The number of H-pyrrole nitrogens is 1. The number of nitrogens with one attached hydrogen (secondary N) is 3. The largest absolute Gasteiger partial charge is 0.360 e. The van der Waals surface area contributed by atoms with Crippen LogP contribution in [0, 0.1) is 0 Å². The highest BCUT2D eigenvalue weighted by Crippen LogP contribution is 2.29. The third kappa shape index (κ3) is 4.10. The Labute approximate surface area is 145 Å². The molecule has 2 rings (SSSR count). The van der Waals surface area contributed by atoms with Crippen LogP contribution in [0.4, 0.5) is 0 Å². The molecule has 2 amide bonds. The number of benzene rings is 1. The van der Waals surface area contributed by atoms with E-state index in [1.807, 2.05) is 32.9 Å². The molecule has 2 aromatic rings. The Hall–Kier alpha value is -1.34. The number of hydrogen-bond donors (Lipinski definition) is 3. The van der Waals surface area contributed by atoms with Crippen molar-refractivity contribution >= 4 is 54.6 Å². The summed E-state index contributed by atoms with van der Waals surface area (Å²) in [7, 11) is 0. The zero-order chi connectivity index (χ0) is 16.5. The van der Waals surface area contributed by atoms with Gasteiger partial charge in [0, 0.05) is 31.6 Å². The molecule has 0 bridgehead atoms. The first kappa shape index (κ1) is 17.0. The van der Waals surface area contributed by atoms with Crippen LogP contribution < -0.4 is 10.6 Å². The van der Waals surface area contributed by atoms with Gasteiger partial charge >= 0.3 is 0 Å². The van der Waals surface area contributed by atoms with Crippen molar-refractivity contribution in [2.75, 3.05) is 6.54 Å². The Morgan fingerprint density at radius 3 is 2.45 bits per heavy atom. The van der Waals surface area contributed by atoms with Gasteiger partial charge < -0.3 is 15.6 Å². The smallest absolute Gasteiger partial charge is 0.253 e. The van der Waals surface area contributed by atoms with E-state index < -0.39 is 0 Å². The third-order valence-corrected chi connectivity index (χ3v) is 4.74. The van der Waals surface area contributed by atoms with E-state index in [4.69, 9.17) is 0 Å². The molecule has 3 N–H and O–H groups in total. The maximum absolute atomic E-state index is 12.2. The third-order valence-electron chi connectivity index (χ3n) is 2.89. The van der Waals surface area contributed by atoms with E-state index in [2.05, 4.69) is 47.5 Å². The van der Waals surface area contributed by atoms with Gasteiger partial charge in [0.1, 0.15) is 0 Å². The van der Waals surface area contributed by atoms with Crippen molar-refractivity contribution in [2.45, 2.75) is 26.3 Å². The Bertz CT molecular complexity index is 732. The molecule has 0 aliphatic rings. The molecule has 1 heterocycles. The number of aromatic amines is 1. The van der Waals surface area contributed by atoms with Gasteiger partial charge in [-0.05, 0) is 64.8 Å². The van der Waals surface area contributed by atoms with Gasteiger partial charge in [0.05, 0.1) is 12.1 Å². The fourth-order valence-electron chi connectivity index (χ4n) is 2.02. The van der Waals surface area contributed by atoms with Crippen molar-refractivity contribution in [3.63, 3.8) is 0 Å². The van der Waals surface area contributed by atoms with Crippen LogP contribution in [0.25, 0.3) is 10.9 Å². The van der Waals surface area contributed by atoms with E-state index in [9.17, 15) is 9.59 Å². The van der Waals surface area contributed by atoms with Crippen LogP contribution in [0.15, 0.2) is 27.3 Å². The second-order valence-corrected chi connectivity index (χ2v) is 7.70. The van der Waals surface area contributed by atoms with Gasteiger partial charge in [0.15, 0.2) is 0 Å². The highest BCUT2D eigenvalue weighted by Gasteiger charge is 2.17. The molecular formula is C15H17Br2N3O2. The van der Waals surface area contributed by atoms with Gasteiger partial charge in [-0.25, -0.2) is 0 Å². The molecule has 1 aromatic heterocycles. The molecule has 0 radical (unpaired) electrons. The summed E-state index contributed by atoms with van der Waals surface area (Å²) < 4.78 is 1.76. The molecule has 0 aliphatic carbocycles. The van der Waals surface area contributed by atoms with Crippen LogP contribution in [0.2, 0.25) is 0 Å². The van der Waals surface area contributed by atoms with E-state index in [-0.39, 0.29) is 23.9 Å². The summed E-state index contributed by atoms with van der Waals surface area (Å²) in [6.07, 6.45) is 1.64. The predicted octanol–water partition coefficient (Wildman–Crippen LogP) is 3.34. The van der Waals surface area contributed by atoms with Crippen LogP contribution in [0.1, 0.15) is 31.1 Å². The number of carbonyl (C=O) groups is 2. The number of fused-ring (bicyclic) bond motifs is 1. The Morgan fingerprint density at radius 2 is 1.82 bits per heavy atom. The average molecular weight is 431 g/mol. The Balaban J connectivity index is 2.11. The molecule has 0 saturated heterocycles. The first-order valence-corrected chi connectivity index (χ1v) is 8.31. The summed E-state index contributed by atoms with van der Waals surface area (Å²) in [6, 6.07) is 3.75. The van der Waals surface area contributed by atoms with E-state index in [0.29, 0.717) is 5.56 Å². The Morgan fingerprint density at radius 1 is 1.18 bits per heavy atom. The number of amides is 2. The number of aromatic nitrogens is 1. The van der Waals surface area contributed by atoms with Crippen LogP contribution in [-0.2, 0) is 4.79 Å². The van der Waals surface area contributed by atoms with E-state index in [0.717, 1.165) is 19.8 Å². The molecule has 0 spiro atoms. The van der Waals surface area contributed by atoms with Crippen LogP contribution in [-0.4, -0.2) is 28.9 Å². The summed E-state index contributed by atoms with van der Waals surface area (Å²) in [5, 5.41) is 6.23. The lowest BCUT2D eigenvalue weighted by Gasteiger charge is -2.20. The van der Waals surface area contributed by atoms with E-state index in [1.54, 1.807) is 6.20 Å². The Kier molecular flexibility index (Phi) is 4.97. The maximum atomic E-state index is 12.2. The fourth-order valence-corrected chi connectivity index (χ4v) is 2.71. The fraction of sp³-hybridized carbons (Fsp3) is 0.333. The lowest BCUT2D eigenvalue weighted by molar-refractivity contribution is -0.121. The molecular weight excluding hydrogens is 414 g/mol. The highest BCUT2D eigenvalue weighted by molar-refractivity contribution is 9.13. The zero-order valence-electron chi connectivity index (χ0n) is 12.5. The topological polar surface area (TPSA) is 74.0 Å². The minimum atomic E-state index is -0.320. The molecule has 0 saturated carbocycles. The quantitative estimate of drug-likeness (QED) is 0.698. The first-order valence-electron chi connectivity index (χ1n) is 6.73. The van der Waals surface area contributed by atoms with Gasteiger partial charge in [-0.15, -0.1) is 0 Å². The van der Waals surface area contributed by atoms with Crippen molar-refractivity contribution < 1.29 is 9.59 Å². The average Bonchev–Trinajstić information content (AvgIpc) is 2.77. The van der Waals surface area contributed by atoms with Crippen molar-refractivity contribution in [3.05, 3.63) is 32.8 Å². The number of rotatable bonds is 3. The molecule has 1 aromatic carbocycles. The summed E-state index contributed by atoms with van der Waals surface area (Å²) in [5.41, 5.74) is 1.03. The molecule has 0 fully saturated rings. The summed E-state index contributed by atoms with van der Waals surface area (Å²) in [4.78, 5) is 27.0. The van der Waals surface area contributed by atoms with Crippen molar-refractivity contribution in [3.8, 4) is 0 Å². The molecule has 0 atom stereocenters. The van der Waals surface area contributed by atoms with E-state index >= 15 is 0 Å². The second-order valence-electron chi connectivity index (χ2n) is 6.00. The van der Waals surface area contributed by atoms with Crippen LogP contribution in [0.3, 0.4) is 0 Å². The van der Waals surface area contributed by atoms with Crippen molar-refractivity contribution in [2.24, 2.45) is 0 Å². The van der Waals surface area contributed by atoms with Gasteiger partial charge in [-0.1, -0.05) is 0 Å². The van der Waals surface area contributed by atoms with Gasteiger partial charge in [-0.2, -0.15) is 0 Å². The number of hydrogen-bond acceptors (Lipinski definition) is 2. The second kappa shape index (κ2) is 6.42. The van der Waals surface area contributed by atoms with Crippen molar-refractivity contribution in [1.29, 1.82) is 0 Å². The van der Waals surface area contributed by atoms with Gasteiger partial charge in [0.2, 0.25) is 5.91 Å². The van der Waals surface area contributed by atoms with Crippen LogP contribution in [0.5, 0.6) is 0 Å². The minimum Gasteiger partial charge on any atom is -0.360 e. The summed E-state index contributed by atoms with van der Waals surface area (Å²) in [6.45, 7) is 5.62. The van der Waals surface area contributed by atoms with E-state index in [1.165, 1.54) is 0 Å². The zero-order valence-corrected chi connectivity index (χ0v) is 15.7. The molecule has 118 valence electrons. The lowest BCUT2D eigenvalue weighted by Crippen LogP contribution is -2.45. The highest BCUT2D eigenvalue weighted by atomic mass is 79.9. The monoisotopic (exact) mass is 429 g/mol. The normalized spacial score (nSPS) is 11.5. The summed E-state index contributed by atoms with van der Waals surface area (Å²) >= 11 is 6.84. The minimum absolute atomic E-state index is 0.0551. The number of halogens is 2. The molecule has 0 unspecified atom stereocenters. The lowest BCUT2D eigenvalue weighted by atomic mass is 10.1.